The number of nitrogens with zero attached hydrogens (tertiary/aromatic N) is 2. The number of hydrogen-bond donors (Lipinski definition) is 3. The minimum absolute atomic E-state index is 0.330. The summed E-state index contributed by atoms with van der Waals surface area (Å²) in [6.45, 7) is 2.15. The van der Waals surface area contributed by atoms with Crippen LogP contribution in [0.5, 0.6) is 0 Å². The number of aryl methyl sites for hydroxylation is 1. The van der Waals surface area contributed by atoms with Crippen LogP contribution in [-0.4, -0.2) is 39.7 Å². The van der Waals surface area contributed by atoms with Gasteiger partial charge in [0.25, 0.3) is 0 Å². The standard InChI is InChI=1S/C14H19N3O2/c1-10-12(14(19)13(18)8-15-2)9-17(16-10)11-6-4-3-5-7-11/h3-7,9,13-15,18-19H,8H2,1-2H3. The summed E-state index contributed by atoms with van der Waals surface area (Å²) in [7, 11) is 1.73. The van der Waals surface area contributed by atoms with Gasteiger partial charge in [-0.3, -0.25) is 0 Å². The smallest absolute Gasteiger partial charge is 0.109 e. The monoisotopic (exact) mass is 261 g/mol. The topological polar surface area (TPSA) is 70.3 Å². The molecule has 1 heterocycles. The van der Waals surface area contributed by atoms with Crippen molar-refractivity contribution in [3.8, 4) is 5.69 Å². The average Bonchev–Trinajstić information content (AvgIpc) is 2.81. The Labute approximate surface area is 112 Å². The Kier molecular flexibility index (Phi) is 4.31. The number of rotatable bonds is 5. The summed E-state index contributed by atoms with van der Waals surface area (Å²) in [4.78, 5) is 0. The normalized spacial score (nSPS) is 14.3. The molecular formula is C14H19N3O2. The Hall–Kier alpha value is -1.69. The number of nitrogens with one attached hydrogen (secondary N) is 1. The highest BCUT2D eigenvalue weighted by Crippen LogP contribution is 2.21. The second-order valence-corrected chi connectivity index (χ2v) is 4.52. The summed E-state index contributed by atoms with van der Waals surface area (Å²) < 4.78 is 1.71. The molecule has 19 heavy (non-hydrogen) atoms. The molecule has 1 aromatic carbocycles. The van der Waals surface area contributed by atoms with Crippen LogP contribution in [0.2, 0.25) is 0 Å². The maximum Gasteiger partial charge on any atom is 0.109 e. The lowest BCUT2D eigenvalue weighted by Crippen LogP contribution is -2.29. The Bertz CT molecular complexity index is 525. The predicted molar refractivity (Wildman–Crippen MR) is 73.2 cm³/mol. The van der Waals surface area contributed by atoms with Crippen LogP contribution in [0.1, 0.15) is 17.4 Å². The Morgan fingerprint density at radius 2 is 1.95 bits per heavy atom. The van der Waals surface area contributed by atoms with Crippen molar-refractivity contribution in [1.29, 1.82) is 0 Å². The summed E-state index contributed by atoms with van der Waals surface area (Å²) in [6.07, 6.45) is -0.0316. The number of aliphatic hydroxyl groups is 2. The van der Waals surface area contributed by atoms with Crippen LogP contribution < -0.4 is 5.32 Å². The van der Waals surface area contributed by atoms with Gasteiger partial charge in [0.05, 0.1) is 17.5 Å². The zero-order chi connectivity index (χ0) is 13.8. The molecule has 0 aliphatic heterocycles. The fraction of sp³-hybridized carbons (Fsp3) is 0.357. The van der Waals surface area contributed by atoms with Gasteiger partial charge in [-0.1, -0.05) is 18.2 Å². The highest BCUT2D eigenvalue weighted by molar-refractivity contribution is 5.33. The molecule has 5 nitrogen and oxygen atoms in total. The van der Waals surface area contributed by atoms with Gasteiger partial charge in [-0.05, 0) is 26.1 Å². The van der Waals surface area contributed by atoms with E-state index in [9.17, 15) is 10.2 Å². The Balaban J connectivity index is 2.26. The Morgan fingerprint density at radius 1 is 1.26 bits per heavy atom. The minimum Gasteiger partial charge on any atom is -0.389 e. The van der Waals surface area contributed by atoms with Gasteiger partial charge < -0.3 is 15.5 Å². The zero-order valence-corrected chi connectivity index (χ0v) is 11.1. The van der Waals surface area contributed by atoms with Crippen molar-refractivity contribution in [3.63, 3.8) is 0 Å². The molecule has 5 heteroatoms. The van der Waals surface area contributed by atoms with Crippen molar-refractivity contribution in [1.82, 2.24) is 15.1 Å². The van der Waals surface area contributed by atoms with E-state index in [4.69, 9.17) is 0 Å². The fourth-order valence-electron chi connectivity index (χ4n) is 2.00. The van der Waals surface area contributed by atoms with Crippen LogP contribution in [0.4, 0.5) is 0 Å². The van der Waals surface area contributed by atoms with Gasteiger partial charge in [0.15, 0.2) is 0 Å². The first-order chi connectivity index (χ1) is 9.13. The lowest BCUT2D eigenvalue weighted by atomic mass is 10.1. The number of likely N-dealkylation sites (N-methyl/N-ethyl adjacent to an activating group) is 1. The quantitative estimate of drug-likeness (QED) is 0.744. The average molecular weight is 261 g/mol. The highest BCUT2D eigenvalue weighted by atomic mass is 16.3. The van der Waals surface area contributed by atoms with E-state index in [0.717, 1.165) is 5.69 Å². The van der Waals surface area contributed by atoms with Gasteiger partial charge in [0, 0.05) is 18.3 Å². The molecule has 0 bridgehead atoms. The molecule has 2 rings (SSSR count). The third-order valence-corrected chi connectivity index (χ3v) is 3.05. The fourth-order valence-corrected chi connectivity index (χ4v) is 2.00. The van der Waals surface area contributed by atoms with Crippen LogP contribution in [0.3, 0.4) is 0 Å². The lowest BCUT2D eigenvalue weighted by Gasteiger charge is -2.16. The maximum absolute atomic E-state index is 10.1. The molecule has 0 saturated carbocycles. The number of aromatic nitrogens is 2. The maximum atomic E-state index is 10.1. The molecule has 0 radical (unpaired) electrons. The molecule has 2 atom stereocenters. The Morgan fingerprint density at radius 3 is 2.58 bits per heavy atom. The van der Waals surface area contributed by atoms with Crippen LogP contribution in [-0.2, 0) is 0 Å². The first-order valence-electron chi connectivity index (χ1n) is 6.25. The van der Waals surface area contributed by atoms with E-state index in [2.05, 4.69) is 10.4 Å². The van der Waals surface area contributed by atoms with Gasteiger partial charge >= 0.3 is 0 Å². The van der Waals surface area contributed by atoms with Crippen molar-refractivity contribution >= 4 is 0 Å². The van der Waals surface area contributed by atoms with Crippen molar-refractivity contribution in [2.45, 2.75) is 19.1 Å². The van der Waals surface area contributed by atoms with Crippen LogP contribution in [0, 0.1) is 6.92 Å². The summed E-state index contributed by atoms with van der Waals surface area (Å²) in [5.41, 5.74) is 2.28. The molecule has 102 valence electrons. The molecule has 0 spiro atoms. The first-order valence-corrected chi connectivity index (χ1v) is 6.25. The second-order valence-electron chi connectivity index (χ2n) is 4.52. The second kappa shape index (κ2) is 5.97. The third-order valence-electron chi connectivity index (χ3n) is 3.05. The predicted octanol–water partition coefficient (Wildman–Crippen LogP) is 0.794. The van der Waals surface area contributed by atoms with E-state index in [1.54, 1.807) is 17.9 Å². The summed E-state index contributed by atoms with van der Waals surface area (Å²) in [5.74, 6) is 0. The van der Waals surface area contributed by atoms with E-state index >= 15 is 0 Å². The van der Waals surface area contributed by atoms with Gasteiger partial charge in [0.1, 0.15) is 6.10 Å². The van der Waals surface area contributed by atoms with Gasteiger partial charge in [-0.2, -0.15) is 5.10 Å². The molecule has 2 aromatic rings. The summed E-state index contributed by atoms with van der Waals surface area (Å²) in [5, 5.41) is 27.2. The van der Waals surface area contributed by atoms with E-state index < -0.39 is 12.2 Å². The molecule has 0 amide bonds. The van der Waals surface area contributed by atoms with E-state index in [0.29, 0.717) is 17.8 Å². The van der Waals surface area contributed by atoms with E-state index in [-0.39, 0.29) is 0 Å². The third kappa shape index (κ3) is 3.01. The minimum atomic E-state index is -0.940. The summed E-state index contributed by atoms with van der Waals surface area (Å²) >= 11 is 0. The van der Waals surface area contributed by atoms with Crippen LogP contribution in [0.25, 0.3) is 5.69 Å². The van der Waals surface area contributed by atoms with E-state index in [1.165, 1.54) is 0 Å². The molecule has 0 aliphatic carbocycles. The molecule has 0 aliphatic rings. The SMILES string of the molecule is CNCC(O)C(O)c1cn(-c2ccccc2)nc1C. The number of hydrogen-bond acceptors (Lipinski definition) is 4. The first kappa shape index (κ1) is 13.7. The van der Waals surface area contributed by atoms with Crippen LogP contribution >= 0.6 is 0 Å². The largest absolute Gasteiger partial charge is 0.389 e. The van der Waals surface area contributed by atoms with Crippen LogP contribution in [0.15, 0.2) is 36.5 Å². The highest BCUT2D eigenvalue weighted by Gasteiger charge is 2.22. The number of benzene rings is 1. The molecule has 0 fully saturated rings. The molecule has 2 unspecified atom stereocenters. The van der Waals surface area contributed by atoms with Crippen molar-refractivity contribution in [2.24, 2.45) is 0 Å². The number of para-hydroxylation sites is 1. The van der Waals surface area contributed by atoms with Crippen molar-refractivity contribution in [3.05, 3.63) is 47.8 Å². The molecule has 1 aromatic heterocycles. The van der Waals surface area contributed by atoms with Crippen molar-refractivity contribution < 1.29 is 10.2 Å². The zero-order valence-electron chi connectivity index (χ0n) is 11.1. The van der Waals surface area contributed by atoms with Gasteiger partial charge in [-0.15, -0.1) is 0 Å². The van der Waals surface area contributed by atoms with Crippen molar-refractivity contribution in [2.75, 3.05) is 13.6 Å². The molecule has 0 saturated heterocycles. The number of aliphatic hydroxyl groups excluding tert-OH is 2. The van der Waals surface area contributed by atoms with Gasteiger partial charge in [0.2, 0.25) is 0 Å². The van der Waals surface area contributed by atoms with E-state index in [1.807, 2.05) is 37.3 Å². The lowest BCUT2D eigenvalue weighted by molar-refractivity contribution is 0.0198. The summed E-state index contributed by atoms with van der Waals surface area (Å²) in [6, 6.07) is 9.67. The molecule has 3 N–H and O–H groups in total. The van der Waals surface area contributed by atoms with Gasteiger partial charge in [-0.25, -0.2) is 4.68 Å². The molecular weight excluding hydrogens is 242 g/mol.